The summed E-state index contributed by atoms with van der Waals surface area (Å²) in [6.07, 6.45) is 3.73. The average molecular weight is 313 g/mol. The monoisotopic (exact) mass is 313 g/mol. The highest BCUT2D eigenvalue weighted by Gasteiger charge is 2.11. The molecule has 116 valence electrons. The summed E-state index contributed by atoms with van der Waals surface area (Å²) in [5, 5.41) is 2.85. The Bertz CT molecular complexity index is 991. The van der Waals surface area contributed by atoms with Gasteiger partial charge < -0.3 is 9.72 Å². The standard InChI is InChI=1S/C20H15N3O/c24-20(21-17-9-5-2-6-10-17)18-14-23-13-16(11-12-19(23)22-18)15-7-3-1-4-8-15/h1-14H,(H,21,24). The zero-order valence-corrected chi connectivity index (χ0v) is 12.9. The van der Waals surface area contributed by atoms with Crippen LogP contribution >= 0.6 is 0 Å². The first kappa shape index (κ1) is 14.2. The van der Waals surface area contributed by atoms with Gasteiger partial charge in [-0.1, -0.05) is 48.5 Å². The highest BCUT2D eigenvalue weighted by atomic mass is 16.1. The van der Waals surface area contributed by atoms with Gasteiger partial charge in [-0.2, -0.15) is 0 Å². The van der Waals surface area contributed by atoms with Crippen molar-refractivity contribution < 1.29 is 4.79 Å². The van der Waals surface area contributed by atoms with E-state index in [1.54, 1.807) is 6.20 Å². The van der Waals surface area contributed by atoms with Crippen LogP contribution in [0.3, 0.4) is 0 Å². The maximum Gasteiger partial charge on any atom is 0.275 e. The molecule has 0 saturated heterocycles. The van der Waals surface area contributed by atoms with Crippen molar-refractivity contribution in [2.45, 2.75) is 0 Å². The molecule has 4 rings (SSSR count). The summed E-state index contributed by atoms with van der Waals surface area (Å²) in [5.74, 6) is -0.217. The second-order valence-electron chi connectivity index (χ2n) is 5.50. The Labute approximate surface area is 139 Å². The summed E-state index contributed by atoms with van der Waals surface area (Å²) in [6, 6.07) is 23.4. The number of nitrogens with zero attached hydrogens (tertiary/aromatic N) is 2. The Morgan fingerprint density at radius 3 is 2.25 bits per heavy atom. The van der Waals surface area contributed by atoms with Crippen molar-refractivity contribution in [2.75, 3.05) is 5.32 Å². The Hall–Kier alpha value is -3.40. The number of carbonyl (C=O) groups excluding carboxylic acids is 1. The van der Waals surface area contributed by atoms with E-state index in [1.165, 1.54) is 0 Å². The second kappa shape index (κ2) is 6.01. The molecule has 0 bridgehead atoms. The molecule has 4 nitrogen and oxygen atoms in total. The van der Waals surface area contributed by atoms with Gasteiger partial charge in [-0.25, -0.2) is 4.98 Å². The van der Waals surface area contributed by atoms with E-state index in [4.69, 9.17) is 0 Å². The smallest absolute Gasteiger partial charge is 0.275 e. The topological polar surface area (TPSA) is 46.4 Å². The van der Waals surface area contributed by atoms with E-state index >= 15 is 0 Å². The first-order valence-electron chi connectivity index (χ1n) is 7.70. The Morgan fingerprint density at radius 1 is 0.792 bits per heavy atom. The van der Waals surface area contributed by atoms with Crippen LogP contribution in [0.2, 0.25) is 0 Å². The number of aromatic nitrogens is 2. The Kier molecular flexibility index (Phi) is 3.56. The normalized spacial score (nSPS) is 10.7. The summed E-state index contributed by atoms with van der Waals surface area (Å²) < 4.78 is 1.88. The minimum absolute atomic E-state index is 0.217. The number of hydrogen-bond donors (Lipinski definition) is 1. The highest BCUT2D eigenvalue weighted by molar-refractivity contribution is 6.03. The molecule has 0 saturated carbocycles. The second-order valence-corrected chi connectivity index (χ2v) is 5.50. The summed E-state index contributed by atoms with van der Waals surface area (Å²) in [5.41, 5.74) is 4.10. The highest BCUT2D eigenvalue weighted by Crippen LogP contribution is 2.20. The predicted octanol–water partition coefficient (Wildman–Crippen LogP) is 4.25. The van der Waals surface area contributed by atoms with Crippen LogP contribution in [-0.2, 0) is 0 Å². The SMILES string of the molecule is O=C(Nc1ccccc1)c1cn2cc(-c3ccccc3)ccc2n1. The molecule has 0 radical (unpaired) electrons. The number of imidazole rings is 1. The third-order valence-corrected chi connectivity index (χ3v) is 3.82. The van der Waals surface area contributed by atoms with Crippen LogP contribution in [0.4, 0.5) is 5.69 Å². The van der Waals surface area contributed by atoms with Gasteiger partial charge in [-0.05, 0) is 35.4 Å². The summed E-state index contributed by atoms with van der Waals surface area (Å²) in [7, 11) is 0. The fourth-order valence-electron chi connectivity index (χ4n) is 2.62. The number of anilines is 1. The fourth-order valence-corrected chi connectivity index (χ4v) is 2.62. The van der Waals surface area contributed by atoms with E-state index < -0.39 is 0 Å². The van der Waals surface area contributed by atoms with Gasteiger partial charge in [0.2, 0.25) is 0 Å². The van der Waals surface area contributed by atoms with E-state index in [0.717, 1.165) is 22.5 Å². The lowest BCUT2D eigenvalue weighted by Crippen LogP contribution is -2.11. The predicted molar refractivity (Wildman–Crippen MR) is 95.0 cm³/mol. The number of pyridine rings is 1. The summed E-state index contributed by atoms with van der Waals surface area (Å²) >= 11 is 0. The Balaban J connectivity index is 1.65. The lowest BCUT2D eigenvalue weighted by molar-refractivity contribution is 0.102. The van der Waals surface area contributed by atoms with Crippen LogP contribution in [0.15, 0.2) is 85.2 Å². The molecule has 1 amide bonds. The fraction of sp³-hybridized carbons (Fsp3) is 0. The third-order valence-electron chi connectivity index (χ3n) is 3.82. The number of rotatable bonds is 3. The van der Waals surface area contributed by atoms with Gasteiger partial charge in [0.25, 0.3) is 5.91 Å². The number of hydrogen-bond acceptors (Lipinski definition) is 2. The molecule has 2 aromatic heterocycles. The van der Waals surface area contributed by atoms with Gasteiger partial charge in [0.05, 0.1) is 0 Å². The van der Waals surface area contributed by atoms with Crippen molar-refractivity contribution in [3.8, 4) is 11.1 Å². The zero-order valence-electron chi connectivity index (χ0n) is 12.9. The molecule has 0 spiro atoms. The number of fused-ring (bicyclic) bond motifs is 1. The van der Waals surface area contributed by atoms with Gasteiger partial charge >= 0.3 is 0 Å². The van der Waals surface area contributed by atoms with Gasteiger partial charge in [-0.3, -0.25) is 4.79 Å². The number of benzene rings is 2. The minimum atomic E-state index is -0.217. The van der Waals surface area contributed by atoms with Crippen LogP contribution in [0.1, 0.15) is 10.5 Å². The van der Waals surface area contributed by atoms with E-state index in [-0.39, 0.29) is 5.91 Å². The van der Waals surface area contributed by atoms with Gasteiger partial charge in [0.1, 0.15) is 11.3 Å². The van der Waals surface area contributed by atoms with E-state index in [9.17, 15) is 4.79 Å². The van der Waals surface area contributed by atoms with Gasteiger partial charge in [-0.15, -0.1) is 0 Å². The molecule has 4 heteroatoms. The van der Waals surface area contributed by atoms with Crippen molar-refractivity contribution in [2.24, 2.45) is 0 Å². The molecule has 2 aromatic carbocycles. The number of amides is 1. The minimum Gasteiger partial charge on any atom is -0.321 e. The number of nitrogens with one attached hydrogen (secondary N) is 1. The molecule has 0 unspecified atom stereocenters. The Morgan fingerprint density at radius 2 is 1.50 bits per heavy atom. The lowest BCUT2D eigenvalue weighted by atomic mass is 10.1. The van der Waals surface area contributed by atoms with Crippen LogP contribution in [0.5, 0.6) is 0 Å². The van der Waals surface area contributed by atoms with Crippen molar-refractivity contribution >= 4 is 17.2 Å². The average Bonchev–Trinajstić information content (AvgIpc) is 3.07. The van der Waals surface area contributed by atoms with E-state index in [0.29, 0.717) is 5.69 Å². The van der Waals surface area contributed by atoms with Crippen molar-refractivity contribution in [1.82, 2.24) is 9.38 Å². The van der Waals surface area contributed by atoms with Crippen LogP contribution < -0.4 is 5.32 Å². The van der Waals surface area contributed by atoms with Crippen LogP contribution in [0, 0.1) is 0 Å². The largest absolute Gasteiger partial charge is 0.321 e. The van der Waals surface area contributed by atoms with Crippen LogP contribution in [0.25, 0.3) is 16.8 Å². The molecule has 24 heavy (non-hydrogen) atoms. The molecule has 2 heterocycles. The third kappa shape index (κ3) is 2.77. The molecule has 1 N–H and O–H groups in total. The zero-order chi connectivity index (χ0) is 16.4. The van der Waals surface area contributed by atoms with Crippen molar-refractivity contribution in [3.05, 3.63) is 90.9 Å². The molecule has 0 aliphatic heterocycles. The van der Waals surface area contributed by atoms with Crippen molar-refractivity contribution in [1.29, 1.82) is 0 Å². The first-order chi connectivity index (χ1) is 11.8. The van der Waals surface area contributed by atoms with Crippen molar-refractivity contribution in [3.63, 3.8) is 0 Å². The van der Waals surface area contributed by atoms with Gasteiger partial charge in [0, 0.05) is 18.1 Å². The number of carbonyl (C=O) groups is 1. The maximum absolute atomic E-state index is 12.4. The summed E-state index contributed by atoms with van der Waals surface area (Å²) in [4.78, 5) is 16.7. The number of para-hydroxylation sites is 1. The molecule has 0 fully saturated rings. The van der Waals surface area contributed by atoms with Gasteiger partial charge in [0.15, 0.2) is 0 Å². The van der Waals surface area contributed by atoms with Crippen LogP contribution in [-0.4, -0.2) is 15.3 Å². The summed E-state index contributed by atoms with van der Waals surface area (Å²) in [6.45, 7) is 0. The molecule has 0 aliphatic rings. The molecular formula is C20H15N3O. The molecule has 0 atom stereocenters. The van der Waals surface area contributed by atoms with E-state index in [1.807, 2.05) is 71.3 Å². The maximum atomic E-state index is 12.4. The first-order valence-corrected chi connectivity index (χ1v) is 7.70. The lowest BCUT2D eigenvalue weighted by Gasteiger charge is -2.02. The molecule has 4 aromatic rings. The molecule has 0 aliphatic carbocycles. The quantitative estimate of drug-likeness (QED) is 0.614. The molecular weight excluding hydrogens is 298 g/mol. The van der Waals surface area contributed by atoms with E-state index in [2.05, 4.69) is 22.4 Å².